The molecule has 3 N–H and O–H groups in total. The number of rotatable bonds is 0. The highest BCUT2D eigenvalue weighted by atomic mass is 16.6. The minimum absolute atomic E-state index is 0.168. The van der Waals surface area contributed by atoms with Crippen LogP contribution in [0.5, 0.6) is 0 Å². The number of esters is 1. The third-order valence-electron chi connectivity index (χ3n) is 5.56. The molecule has 1 heterocycles. The van der Waals surface area contributed by atoms with Gasteiger partial charge in [0.2, 0.25) is 0 Å². The summed E-state index contributed by atoms with van der Waals surface area (Å²) >= 11 is 0. The maximum absolute atomic E-state index is 11.8. The average Bonchev–Trinajstić information content (AvgIpc) is 2.73. The normalized spacial score (nSPS) is 55.1. The molecule has 0 spiro atoms. The smallest absolute Gasteiger partial charge is 0.334 e. The molecule has 3 fully saturated rings. The molecule has 5 heteroatoms. The van der Waals surface area contributed by atoms with Crippen LogP contribution in [0.25, 0.3) is 0 Å². The molecule has 0 aromatic carbocycles. The fraction of sp³-hybridized carbons (Fsp3) is 0.800. The number of aliphatic hydroxyl groups excluding tert-OH is 1. The molecule has 5 nitrogen and oxygen atoms in total. The molecule has 0 radical (unpaired) electrons. The molecule has 20 heavy (non-hydrogen) atoms. The standard InChI is InChI=1S/C15H22O5/c1-7-10-9(16)6-15(3,19)8-4-5-14(2,18)11(8)12(10)20-13(7)17/h8-12,16,18-19H,1,4-6H2,2-3H3/t8-,9-,10+,11-,12-,14-,15-/m0/s1. The van der Waals surface area contributed by atoms with Gasteiger partial charge in [-0.05, 0) is 32.6 Å². The van der Waals surface area contributed by atoms with E-state index in [4.69, 9.17) is 4.74 Å². The first-order valence-corrected chi connectivity index (χ1v) is 7.18. The van der Waals surface area contributed by atoms with E-state index in [1.807, 2.05) is 0 Å². The van der Waals surface area contributed by atoms with Crippen LogP contribution in [0.4, 0.5) is 0 Å². The van der Waals surface area contributed by atoms with Gasteiger partial charge >= 0.3 is 5.97 Å². The van der Waals surface area contributed by atoms with Gasteiger partial charge in [0, 0.05) is 17.9 Å². The lowest BCUT2D eigenvalue weighted by molar-refractivity contribution is -0.150. The highest BCUT2D eigenvalue weighted by Gasteiger charge is 2.62. The van der Waals surface area contributed by atoms with Crippen molar-refractivity contribution >= 4 is 5.97 Å². The lowest BCUT2D eigenvalue weighted by Crippen LogP contribution is -2.46. The maximum Gasteiger partial charge on any atom is 0.334 e. The van der Waals surface area contributed by atoms with Crippen molar-refractivity contribution in [3.63, 3.8) is 0 Å². The van der Waals surface area contributed by atoms with Gasteiger partial charge in [0.15, 0.2) is 0 Å². The van der Waals surface area contributed by atoms with E-state index in [9.17, 15) is 20.1 Å². The predicted octanol–water partition coefficient (Wildman–Crippen LogP) is 0.377. The van der Waals surface area contributed by atoms with Crippen LogP contribution >= 0.6 is 0 Å². The van der Waals surface area contributed by atoms with Gasteiger partial charge in [-0.15, -0.1) is 0 Å². The number of carbonyl (C=O) groups is 1. The van der Waals surface area contributed by atoms with Crippen LogP contribution in [0.2, 0.25) is 0 Å². The van der Waals surface area contributed by atoms with Gasteiger partial charge in [0.1, 0.15) is 6.10 Å². The van der Waals surface area contributed by atoms with Crippen LogP contribution in [0, 0.1) is 17.8 Å². The van der Waals surface area contributed by atoms with Crippen molar-refractivity contribution in [2.75, 3.05) is 0 Å². The zero-order valence-corrected chi connectivity index (χ0v) is 11.9. The molecule has 1 aliphatic heterocycles. The Morgan fingerprint density at radius 3 is 2.60 bits per heavy atom. The van der Waals surface area contributed by atoms with Crippen LogP contribution in [-0.2, 0) is 9.53 Å². The third-order valence-corrected chi connectivity index (χ3v) is 5.56. The van der Waals surface area contributed by atoms with Gasteiger partial charge < -0.3 is 20.1 Å². The topological polar surface area (TPSA) is 87.0 Å². The predicted molar refractivity (Wildman–Crippen MR) is 70.6 cm³/mol. The average molecular weight is 282 g/mol. The van der Waals surface area contributed by atoms with E-state index in [0.29, 0.717) is 12.8 Å². The largest absolute Gasteiger partial charge is 0.458 e. The molecule has 112 valence electrons. The Morgan fingerprint density at radius 1 is 1.30 bits per heavy atom. The van der Waals surface area contributed by atoms with Crippen LogP contribution in [0.3, 0.4) is 0 Å². The highest BCUT2D eigenvalue weighted by Crippen LogP contribution is 2.55. The van der Waals surface area contributed by atoms with Gasteiger partial charge in [-0.2, -0.15) is 0 Å². The van der Waals surface area contributed by atoms with Crippen molar-refractivity contribution in [2.24, 2.45) is 17.8 Å². The van der Waals surface area contributed by atoms with Gasteiger partial charge in [-0.25, -0.2) is 4.79 Å². The molecule has 1 saturated heterocycles. The minimum Gasteiger partial charge on any atom is -0.458 e. The van der Waals surface area contributed by atoms with Crippen molar-refractivity contribution < 1.29 is 24.9 Å². The summed E-state index contributed by atoms with van der Waals surface area (Å²) in [6, 6.07) is 0. The molecule has 7 atom stereocenters. The van der Waals surface area contributed by atoms with E-state index in [2.05, 4.69) is 6.58 Å². The summed E-state index contributed by atoms with van der Waals surface area (Å²) in [6.07, 6.45) is -0.0927. The number of ether oxygens (including phenoxy) is 1. The summed E-state index contributed by atoms with van der Waals surface area (Å²) in [6.45, 7) is 7.14. The molecule has 2 aliphatic carbocycles. The summed E-state index contributed by atoms with van der Waals surface area (Å²) in [5.74, 6) is -1.60. The van der Waals surface area contributed by atoms with E-state index in [-0.39, 0.29) is 23.8 Å². The molecule has 3 rings (SSSR count). The van der Waals surface area contributed by atoms with Crippen molar-refractivity contribution in [1.82, 2.24) is 0 Å². The highest BCUT2D eigenvalue weighted by molar-refractivity contribution is 5.91. The molecular formula is C15H22O5. The first-order valence-electron chi connectivity index (χ1n) is 7.18. The molecule has 0 aromatic rings. The van der Waals surface area contributed by atoms with E-state index in [1.165, 1.54) is 0 Å². The number of aliphatic hydroxyl groups is 3. The van der Waals surface area contributed by atoms with Crippen molar-refractivity contribution in [1.29, 1.82) is 0 Å². The first-order chi connectivity index (χ1) is 9.15. The molecule has 2 saturated carbocycles. The summed E-state index contributed by atoms with van der Waals surface area (Å²) in [5.41, 5.74) is -1.84. The van der Waals surface area contributed by atoms with E-state index in [0.717, 1.165) is 0 Å². The SMILES string of the molecule is C=C1C(=O)O[C@H]2[C@H]1[C@@H](O)C[C@](C)(O)[C@H]1CC[C@](C)(O)[C@H]21. The first kappa shape index (κ1) is 14.0. The van der Waals surface area contributed by atoms with Crippen LogP contribution < -0.4 is 0 Å². The lowest BCUT2D eigenvalue weighted by atomic mass is 9.74. The fourth-order valence-electron chi connectivity index (χ4n) is 4.56. The second-order valence-electron chi connectivity index (χ2n) is 7.08. The Bertz CT molecular complexity index is 467. The van der Waals surface area contributed by atoms with Crippen LogP contribution in [-0.4, -0.2) is 44.7 Å². The Labute approximate surface area is 118 Å². The Kier molecular flexibility index (Phi) is 2.85. The van der Waals surface area contributed by atoms with E-state index in [1.54, 1.807) is 13.8 Å². The Hall–Kier alpha value is -0.910. The zero-order valence-electron chi connectivity index (χ0n) is 11.9. The quantitative estimate of drug-likeness (QED) is 0.441. The van der Waals surface area contributed by atoms with Gasteiger partial charge in [0.25, 0.3) is 0 Å². The van der Waals surface area contributed by atoms with Crippen molar-refractivity contribution in [3.8, 4) is 0 Å². The second kappa shape index (κ2) is 4.06. The molecule has 0 unspecified atom stereocenters. The fourth-order valence-corrected chi connectivity index (χ4v) is 4.56. The van der Waals surface area contributed by atoms with Crippen LogP contribution in [0.1, 0.15) is 33.1 Å². The van der Waals surface area contributed by atoms with Crippen molar-refractivity contribution in [2.45, 2.75) is 56.5 Å². The second-order valence-corrected chi connectivity index (χ2v) is 7.08. The number of fused-ring (bicyclic) bond motifs is 3. The molecule has 0 amide bonds. The molecular weight excluding hydrogens is 260 g/mol. The Morgan fingerprint density at radius 2 is 1.95 bits per heavy atom. The minimum atomic E-state index is -1.08. The Balaban J connectivity index is 2.08. The van der Waals surface area contributed by atoms with E-state index < -0.39 is 35.3 Å². The zero-order chi connectivity index (χ0) is 14.9. The molecule has 3 aliphatic rings. The third kappa shape index (κ3) is 1.76. The summed E-state index contributed by atoms with van der Waals surface area (Å²) < 4.78 is 5.40. The molecule has 0 aromatic heterocycles. The van der Waals surface area contributed by atoms with Crippen LogP contribution in [0.15, 0.2) is 12.2 Å². The van der Waals surface area contributed by atoms with Crippen molar-refractivity contribution in [3.05, 3.63) is 12.2 Å². The summed E-state index contributed by atoms with van der Waals surface area (Å²) in [5, 5.41) is 31.7. The molecule has 0 bridgehead atoms. The number of carbonyl (C=O) groups excluding carboxylic acids is 1. The lowest BCUT2D eigenvalue weighted by Gasteiger charge is -2.37. The van der Waals surface area contributed by atoms with Gasteiger partial charge in [0.05, 0.1) is 23.2 Å². The van der Waals surface area contributed by atoms with E-state index >= 15 is 0 Å². The number of hydrogen-bond acceptors (Lipinski definition) is 5. The maximum atomic E-state index is 11.8. The monoisotopic (exact) mass is 282 g/mol. The van der Waals surface area contributed by atoms with Gasteiger partial charge in [-0.1, -0.05) is 6.58 Å². The summed E-state index contributed by atoms with van der Waals surface area (Å²) in [4.78, 5) is 11.8. The van der Waals surface area contributed by atoms with Gasteiger partial charge in [-0.3, -0.25) is 0 Å². The summed E-state index contributed by atoms with van der Waals surface area (Å²) in [7, 11) is 0. The number of hydrogen-bond donors (Lipinski definition) is 3.